The van der Waals surface area contributed by atoms with Crippen LogP contribution < -0.4 is 4.74 Å². The summed E-state index contributed by atoms with van der Waals surface area (Å²) < 4.78 is 30.4. The molecule has 22 heavy (non-hydrogen) atoms. The minimum Gasteiger partial charge on any atom is -0.494 e. The van der Waals surface area contributed by atoms with Crippen LogP contribution in [0, 0.1) is 11.8 Å². The molecule has 0 unspecified atom stereocenters. The molecule has 1 fully saturated rings. The van der Waals surface area contributed by atoms with Gasteiger partial charge in [0.25, 0.3) is 0 Å². The Bertz CT molecular complexity index is 566. The van der Waals surface area contributed by atoms with Crippen LogP contribution in [0.15, 0.2) is 29.2 Å². The fraction of sp³-hybridized carbons (Fsp3) is 0.625. The predicted molar refractivity (Wildman–Crippen MR) is 89.0 cm³/mol. The van der Waals surface area contributed by atoms with Crippen LogP contribution >= 0.6 is 11.8 Å². The highest BCUT2D eigenvalue weighted by Crippen LogP contribution is 2.28. The highest BCUT2D eigenvalue weighted by Gasteiger charge is 2.22. The Kier molecular flexibility index (Phi) is 6.12. The second-order valence-electron chi connectivity index (χ2n) is 6.11. The molecule has 1 aliphatic heterocycles. The van der Waals surface area contributed by atoms with Gasteiger partial charge in [-0.3, -0.25) is 0 Å². The SMILES string of the molecule is C[C@H](CCOc1ccc(S(C)(=O)=O)cc1)C1CCN(Cl)CC1. The third-order valence-corrected chi connectivity index (χ3v) is 5.85. The zero-order valence-electron chi connectivity index (χ0n) is 13.2. The average molecular weight is 346 g/mol. The Labute approximate surface area is 138 Å². The van der Waals surface area contributed by atoms with Crippen LogP contribution in [0.25, 0.3) is 0 Å². The van der Waals surface area contributed by atoms with E-state index in [9.17, 15) is 8.42 Å². The Morgan fingerprint density at radius 3 is 2.41 bits per heavy atom. The molecule has 1 heterocycles. The van der Waals surface area contributed by atoms with Crippen molar-refractivity contribution in [2.45, 2.75) is 31.1 Å². The van der Waals surface area contributed by atoms with E-state index in [2.05, 4.69) is 6.92 Å². The Hall–Kier alpha value is -0.780. The number of benzene rings is 1. The van der Waals surface area contributed by atoms with E-state index >= 15 is 0 Å². The van der Waals surface area contributed by atoms with E-state index < -0.39 is 9.84 Å². The van der Waals surface area contributed by atoms with Gasteiger partial charge in [0.1, 0.15) is 5.75 Å². The average Bonchev–Trinajstić information content (AvgIpc) is 2.47. The van der Waals surface area contributed by atoms with E-state index in [1.54, 1.807) is 24.3 Å². The van der Waals surface area contributed by atoms with E-state index in [1.807, 2.05) is 4.42 Å². The third kappa shape index (κ3) is 5.14. The lowest BCUT2D eigenvalue weighted by molar-refractivity contribution is 0.188. The molecule has 2 rings (SSSR count). The second-order valence-corrected chi connectivity index (χ2v) is 8.60. The van der Waals surface area contributed by atoms with Crippen LogP contribution in [0.3, 0.4) is 0 Å². The first-order chi connectivity index (χ1) is 10.4. The molecule has 1 aromatic rings. The van der Waals surface area contributed by atoms with Crippen LogP contribution in [0.2, 0.25) is 0 Å². The molecule has 0 aliphatic carbocycles. The number of rotatable bonds is 6. The van der Waals surface area contributed by atoms with Crippen molar-refractivity contribution in [3.8, 4) is 5.75 Å². The fourth-order valence-corrected chi connectivity index (χ4v) is 3.64. The van der Waals surface area contributed by atoms with Crippen molar-refractivity contribution in [1.82, 2.24) is 4.42 Å². The maximum Gasteiger partial charge on any atom is 0.175 e. The molecule has 0 bridgehead atoms. The van der Waals surface area contributed by atoms with Crippen molar-refractivity contribution in [2.24, 2.45) is 11.8 Å². The highest BCUT2D eigenvalue weighted by atomic mass is 35.5. The molecule has 0 aromatic heterocycles. The summed E-state index contributed by atoms with van der Waals surface area (Å²) in [4.78, 5) is 0.320. The molecule has 124 valence electrons. The van der Waals surface area contributed by atoms with E-state index in [-0.39, 0.29) is 0 Å². The van der Waals surface area contributed by atoms with Crippen molar-refractivity contribution in [2.75, 3.05) is 26.0 Å². The number of hydrogen-bond donors (Lipinski definition) is 0. The molecular formula is C16H24ClNO3S. The molecule has 1 atom stereocenters. The molecule has 1 aromatic carbocycles. The maximum atomic E-state index is 11.4. The lowest BCUT2D eigenvalue weighted by Gasteiger charge is -2.31. The smallest absolute Gasteiger partial charge is 0.175 e. The van der Waals surface area contributed by atoms with Crippen molar-refractivity contribution >= 4 is 21.6 Å². The number of nitrogens with zero attached hydrogens (tertiary/aromatic N) is 1. The summed E-state index contributed by atoms with van der Waals surface area (Å²) in [6.07, 6.45) is 4.50. The lowest BCUT2D eigenvalue weighted by atomic mass is 9.84. The molecule has 0 radical (unpaired) electrons. The van der Waals surface area contributed by atoms with E-state index in [1.165, 1.54) is 6.26 Å². The largest absolute Gasteiger partial charge is 0.494 e. The van der Waals surface area contributed by atoms with E-state index in [0.29, 0.717) is 23.3 Å². The standard InChI is InChI=1S/C16H24ClNO3S/c1-13(14-7-10-18(17)11-8-14)9-12-21-15-3-5-16(6-4-15)22(2,19)20/h3-6,13-14H,7-12H2,1-2H3/t13-/m1/s1. The van der Waals surface area contributed by atoms with Gasteiger partial charge in [0.2, 0.25) is 0 Å². The van der Waals surface area contributed by atoms with Gasteiger partial charge in [-0.05, 0) is 67.1 Å². The number of ether oxygens (including phenoxy) is 1. The summed E-state index contributed by atoms with van der Waals surface area (Å²) >= 11 is 5.98. The van der Waals surface area contributed by atoms with Crippen LogP contribution in [-0.2, 0) is 9.84 Å². The van der Waals surface area contributed by atoms with Gasteiger partial charge in [0.15, 0.2) is 9.84 Å². The first-order valence-electron chi connectivity index (χ1n) is 7.70. The van der Waals surface area contributed by atoms with Crippen molar-refractivity contribution in [1.29, 1.82) is 0 Å². The van der Waals surface area contributed by atoms with E-state index in [0.717, 1.165) is 38.1 Å². The first-order valence-corrected chi connectivity index (χ1v) is 9.93. The van der Waals surface area contributed by atoms with Gasteiger partial charge in [0, 0.05) is 19.3 Å². The topological polar surface area (TPSA) is 46.6 Å². The van der Waals surface area contributed by atoms with Crippen LogP contribution in [0.5, 0.6) is 5.75 Å². The van der Waals surface area contributed by atoms with Crippen LogP contribution in [-0.4, -0.2) is 38.8 Å². The van der Waals surface area contributed by atoms with Crippen LogP contribution in [0.1, 0.15) is 26.2 Å². The molecular weight excluding hydrogens is 322 g/mol. The van der Waals surface area contributed by atoms with E-state index in [4.69, 9.17) is 16.5 Å². The fourth-order valence-electron chi connectivity index (χ4n) is 2.82. The Balaban J connectivity index is 1.76. The van der Waals surface area contributed by atoms with Crippen molar-refractivity contribution < 1.29 is 13.2 Å². The molecule has 1 aliphatic rings. The molecule has 0 saturated carbocycles. The summed E-state index contributed by atoms with van der Waals surface area (Å²) in [5.41, 5.74) is 0. The van der Waals surface area contributed by atoms with Gasteiger partial charge >= 0.3 is 0 Å². The monoisotopic (exact) mass is 345 g/mol. The van der Waals surface area contributed by atoms with Gasteiger partial charge in [-0.25, -0.2) is 12.8 Å². The quantitative estimate of drug-likeness (QED) is 0.742. The van der Waals surface area contributed by atoms with Gasteiger partial charge in [-0.15, -0.1) is 0 Å². The molecule has 6 heteroatoms. The number of piperidine rings is 1. The second kappa shape index (κ2) is 7.66. The number of sulfone groups is 1. The third-order valence-electron chi connectivity index (χ3n) is 4.38. The van der Waals surface area contributed by atoms with Gasteiger partial charge in [-0.2, -0.15) is 0 Å². The molecule has 0 amide bonds. The normalized spacial score (nSPS) is 19.0. The summed E-state index contributed by atoms with van der Waals surface area (Å²) in [5.74, 6) is 2.04. The number of hydrogen-bond acceptors (Lipinski definition) is 4. The lowest BCUT2D eigenvalue weighted by Crippen LogP contribution is -2.30. The predicted octanol–water partition coefficient (Wildman–Crippen LogP) is 3.36. The first kappa shape index (κ1) is 17.6. The summed E-state index contributed by atoms with van der Waals surface area (Å²) in [6, 6.07) is 6.61. The highest BCUT2D eigenvalue weighted by molar-refractivity contribution is 7.90. The van der Waals surface area contributed by atoms with Gasteiger partial charge in [-0.1, -0.05) is 6.92 Å². The summed E-state index contributed by atoms with van der Waals surface area (Å²) in [5, 5.41) is 0. The Morgan fingerprint density at radius 2 is 1.86 bits per heavy atom. The number of halogens is 1. The minimum absolute atomic E-state index is 0.320. The van der Waals surface area contributed by atoms with Gasteiger partial charge < -0.3 is 4.74 Å². The van der Waals surface area contributed by atoms with Gasteiger partial charge in [0.05, 0.1) is 11.5 Å². The van der Waals surface area contributed by atoms with Crippen LogP contribution in [0.4, 0.5) is 0 Å². The maximum absolute atomic E-state index is 11.4. The molecule has 4 nitrogen and oxygen atoms in total. The molecule has 0 N–H and O–H groups in total. The summed E-state index contributed by atoms with van der Waals surface area (Å²) in [6.45, 7) is 4.85. The van der Waals surface area contributed by atoms with Crippen molar-refractivity contribution in [3.05, 3.63) is 24.3 Å². The van der Waals surface area contributed by atoms with Crippen molar-refractivity contribution in [3.63, 3.8) is 0 Å². The molecule has 1 saturated heterocycles. The zero-order chi connectivity index (χ0) is 16.2. The minimum atomic E-state index is -3.14. The molecule has 0 spiro atoms. The summed E-state index contributed by atoms with van der Waals surface area (Å²) in [7, 11) is -3.14. The zero-order valence-corrected chi connectivity index (χ0v) is 14.7. The Morgan fingerprint density at radius 1 is 1.27 bits per heavy atom.